The van der Waals surface area contributed by atoms with E-state index in [1.165, 1.54) is 0 Å². The molecule has 3 rings (SSSR count). The van der Waals surface area contributed by atoms with Gasteiger partial charge in [0.15, 0.2) is 11.5 Å². The second-order valence-corrected chi connectivity index (χ2v) is 5.21. The molecule has 2 aliphatic heterocycles. The van der Waals surface area contributed by atoms with E-state index in [9.17, 15) is 9.90 Å². The Morgan fingerprint density at radius 2 is 2.21 bits per heavy atom. The number of rotatable bonds is 3. The van der Waals surface area contributed by atoms with E-state index in [0.29, 0.717) is 6.54 Å². The summed E-state index contributed by atoms with van der Waals surface area (Å²) in [6.45, 7) is 3.72. The van der Waals surface area contributed by atoms with Crippen LogP contribution in [0.2, 0.25) is 0 Å². The molecule has 1 fully saturated rings. The number of hydrogen-bond donors (Lipinski definition) is 1. The van der Waals surface area contributed by atoms with Crippen molar-refractivity contribution in [1.29, 1.82) is 0 Å². The highest BCUT2D eigenvalue weighted by molar-refractivity contribution is 5.74. The van der Waals surface area contributed by atoms with E-state index >= 15 is 0 Å². The highest BCUT2D eigenvalue weighted by atomic mass is 16.7. The zero-order chi connectivity index (χ0) is 13.4. The molecule has 0 amide bonds. The number of likely N-dealkylation sites (tertiary alicyclic amines) is 1. The van der Waals surface area contributed by atoms with Crippen LogP contribution < -0.4 is 9.47 Å². The minimum absolute atomic E-state index is 0.200. The van der Waals surface area contributed by atoms with Crippen LogP contribution in [0.5, 0.6) is 11.5 Å². The van der Waals surface area contributed by atoms with Crippen LogP contribution in [0.15, 0.2) is 18.2 Å². The third-order valence-corrected chi connectivity index (χ3v) is 3.88. The largest absolute Gasteiger partial charge is 0.480 e. The average Bonchev–Trinajstić information content (AvgIpc) is 2.95. The second kappa shape index (κ2) is 4.74. The molecule has 2 unspecified atom stereocenters. The first-order valence-corrected chi connectivity index (χ1v) is 6.50. The predicted octanol–water partition coefficient (Wildman–Crippen LogP) is 1.71. The number of carbonyl (C=O) groups is 1. The van der Waals surface area contributed by atoms with Crippen molar-refractivity contribution in [2.24, 2.45) is 5.92 Å². The third-order valence-electron chi connectivity index (χ3n) is 3.88. The van der Waals surface area contributed by atoms with Crippen LogP contribution in [0, 0.1) is 5.92 Å². The van der Waals surface area contributed by atoms with Crippen molar-refractivity contribution in [3.05, 3.63) is 23.8 Å². The summed E-state index contributed by atoms with van der Waals surface area (Å²) in [7, 11) is 0. The first-order chi connectivity index (χ1) is 9.15. The fourth-order valence-electron chi connectivity index (χ4n) is 2.88. The molecule has 0 spiro atoms. The molecule has 0 aromatic heterocycles. The molecule has 2 atom stereocenters. The lowest BCUT2D eigenvalue weighted by molar-refractivity contribution is -0.143. The van der Waals surface area contributed by atoms with Crippen molar-refractivity contribution < 1.29 is 19.4 Å². The Bertz CT molecular complexity index is 502. The van der Waals surface area contributed by atoms with Crippen LogP contribution in [0.25, 0.3) is 0 Å². The molecule has 1 N–H and O–H groups in total. The molecule has 1 aromatic rings. The first kappa shape index (κ1) is 12.3. The van der Waals surface area contributed by atoms with Crippen molar-refractivity contribution in [3.8, 4) is 11.5 Å². The van der Waals surface area contributed by atoms with Crippen LogP contribution in [-0.4, -0.2) is 35.4 Å². The maximum Gasteiger partial charge on any atom is 0.321 e. The maximum atomic E-state index is 11.3. The fraction of sp³-hybridized carbons (Fsp3) is 0.500. The van der Waals surface area contributed by atoms with Gasteiger partial charge in [-0.25, -0.2) is 0 Å². The standard InChI is InChI=1S/C14H17NO4/c1-9-4-5-15(13(9)14(16)17)7-10-2-3-11-12(6-10)19-8-18-11/h2-3,6,9,13H,4-5,7-8H2,1H3,(H,16,17). The van der Waals surface area contributed by atoms with Crippen molar-refractivity contribution in [2.75, 3.05) is 13.3 Å². The lowest BCUT2D eigenvalue weighted by atomic mass is 10.0. The summed E-state index contributed by atoms with van der Waals surface area (Å²) >= 11 is 0. The van der Waals surface area contributed by atoms with Crippen LogP contribution in [0.3, 0.4) is 0 Å². The minimum atomic E-state index is -0.731. The molecule has 2 aliphatic rings. The lowest BCUT2D eigenvalue weighted by Gasteiger charge is -2.23. The summed E-state index contributed by atoms with van der Waals surface area (Å²) in [6, 6.07) is 5.40. The smallest absolute Gasteiger partial charge is 0.321 e. The fourth-order valence-corrected chi connectivity index (χ4v) is 2.88. The van der Waals surface area contributed by atoms with Crippen LogP contribution in [0.1, 0.15) is 18.9 Å². The minimum Gasteiger partial charge on any atom is -0.480 e. The van der Waals surface area contributed by atoms with Crippen LogP contribution in [0.4, 0.5) is 0 Å². The topological polar surface area (TPSA) is 59.0 Å². The monoisotopic (exact) mass is 263 g/mol. The Balaban J connectivity index is 1.76. The van der Waals surface area contributed by atoms with Crippen molar-refractivity contribution in [3.63, 3.8) is 0 Å². The molecule has 2 heterocycles. The molecule has 1 saturated heterocycles. The lowest BCUT2D eigenvalue weighted by Crippen LogP contribution is -2.38. The number of benzene rings is 1. The van der Waals surface area contributed by atoms with Crippen molar-refractivity contribution in [2.45, 2.75) is 25.9 Å². The Morgan fingerprint density at radius 3 is 3.00 bits per heavy atom. The summed E-state index contributed by atoms with van der Waals surface area (Å²) in [4.78, 5) is 13.3. The number of ether oxygens (including phenoxy) is 2. The Morgan fingerprint density at radius 1 is 1.42 bits per heavy atom. The SMILES string of the molecule is CC1CCN(Cc2ccc3c(c2)OCO3)C1C(=O)O. The highest BCUT2D eigenvalue weighted by Crippen LogP contribution is 2.34. The third kappa shape index (κ3) is 2.26. The van der Waals surface area contributed by atoms with E-state index in [1.807, 2.05) is 30.0 Å². The molecule has 5 heteroatoms. The Kier molecular flexibility index (Phi) is 3.06. The molecule has 0 bridgehead atoms. The molecule has 19 heavy (non-hydrogen) atoms. The van der Waals surface area contributed by atoms with E-state index in [4.69, 9.17) is 9.47 Å². The van der Waals surface area contributed by atoms with Gasteiger partial charge in [-0.1, -0.05) is 13.0 Å². The van der Waals surface area contributed by atoms with Gasteiger partial charge in [-0.05, 0) is 36.6 Å². The van der Waals surface area contributed by atoms with E-state index in [2.05, 4.69) is 0 Å². The van der Waals surface area contributed by atoms with E-state index in [0.717, 1.165) is 30.0 Å². The number of fused-ring (bicyclic) bond motifs is 1. The van der Waals surface area contributed by atoms with Crippen LogP contribution in [-0.2, 0) is 11.3 Å². The number of carboxylic acid groups (broad SMARTS) is 1. The molecular formula is C14H17NO4. The molecular weight excluding hydrogens is 246 g/mol. The van der Waals surface area contributed by atoms with E-state index in [-0.39, 0.29) is 18.8 Å². The van der Waals surface area contributed by atoms with Gasteiger partial charge in [0.25, 0.3) is 0 Å². The van der Waals surface area contributed by atoms with Crippen LogP contribution >= 0.6 is 0 Å². The zero-order valence-electron chi connectivity index (χ0n) is 10.8. The van der Waals surface area contributed by atoms with Gasteiger partial charge in [0.1, 0.15) is 6.04 Å². The first-order valence-electron chi connectivity index (χ1n) is 6.50. The van der Waals surface area contributed by atoms with Gasteiger partial charge in [-0.2, -0.15) is 0 Å². The van der Waals surface area contributed by atoms with Gasteiger partial charge in [0, 0.05) is 6.54 Å². The summed E-state index contributed by atoms with van der Waals surface area (Å²) in [6.07, 6.45) is 0.932. The highest BCUT2D eigenvalue weighted by Gasteiger charge is 2.36. The molecule has 5 nitrogen and oxygen atoms in total. The predicted molar refractivity (Wildman–Crippen MR) is 68.2 cm³/mol. The molecule has 0 aliphatic carbocycles. The quantitative estimate of drug-likeness (QED) is 0.899. The molecule has 0 radical (unpaired) electrons. The second-order valence-electron chi connectivity index (χ2n) is 5.21. The molecule has 102 valence electrons. The van der Waals surface area contributed by atoms with Crippen molar-refractivity contribution >= 4 is 5.97 Å². The number of hydrogen-bond acceptors (Lipinski definition) is 4. The van der Waals surface area contributed by atoms with Gasteiger partial charge in [-0.15, -0.1) is 0 Å². The normalized spacial score (nSPS) is 25.7. The van der Waals surface area contributed by atoms with Crippen molar-refractivity contribution in [1.82, 2.24) is 4.90 Å². The summed E-state index contributed by atoms with van der Waals surface area (Å²) in [5.74, 6) is 0.974. The van der Waals surface area contributed by atoms with E-state index < -0.39 is 5.97 Å². The summed E-state index contributed by atoms with van der Waals surface area (Å²) in [5, 5.41) is 9.30. The van der Waals surface area contributed by atoms with E-state index in [1.54, 1.807) is 0 Å². The summed E-state index contributed by atoms with van der Waals surface area (Å²) < 4.78 is 10.6. The average molecular weight is 263 g/mol. The number of carboxylic acids is 1. The molecule has 0 saturated carbocycles. The van der Waals surface area contributed by atoms with Gasteiger partial charge in [0.05, 0.1) is 0 Å². The molecule has 1 aromatic carbocycles. The zero-order valence-corrected chi connectivity index (χ0v) is 10.8. The maximum absolute atomic E-state index is 11.3. The number of nitrogens with zero attached hydrogens (tertiary/aromatic N) is 1. The van der Waals surface area contributed by atoms with Gasteiger partial charge in [-0.3, -0.25) is 9.69 Å². The summed E-state index contributed by atoms with van der Waals surface area (Å²) in [5.41, 5.74) is 1.06. The van der Waals surface area contributed by atoms with Gasteiger partial charge in [0.2, 0.25) is 6.79 Å². The Hall–Kier alpha value is -1.75. The Labute approximate surface area is 111 Å². The van der Waals surface area contributed by atoms with Gasteiger partial charge >= 0.3 is 5.97 Å². The van der Waals surface area contributed by atoms with Gasteiger partial charge < -0.3 is 14.6 Å². The number of aliphatic carboxylic acids is 1.